The van der Waals surface area contributed by atoms with Gasteiger partial charge in [0, 0.05) is 6.54 Å². The molecule has 0 aromatic rings. The predicted molar refractivity (Wildman–Crippen MR) is 62.8 cm³/mol. The number of nitrogens with one attached hydrogen (secondary N) is 1. The normalized spacial score (nSPS) is 10.8. The van der Waals surface area contributed by atoms with Crippen LogP contribution in [0.4, 0.5) is 4.79 Å². The van der Waals surface area contributed by atoms with Crippen molar-refractivity contribution in [3.63, 3.8) is 0 Å². The Labute approximate surface area is 109 Å². The lowest BCUT2D eigenvalue weighted by molar-refractivity contribution is -0.140. The molecule has 0 rings (SSSR count). The molecule has 0 atom stereocenters. The highest BCUT2D eigenvalue weighted by Gasteiger charge is 2.19. The maximum atomic E-state index is 11.4. The zero-order valence-corrected chi connectivity index (χ0v) is 10.7. The number of urea groups is 1. The molecular formula is C8H15N3O7S. The summed E-state index contributed by atoms with van der Waals surface area (Å²) in [6.45, 7) is -1.61. The smallest absolute Gasteiger partial charge is 0.323 e. The standard InChI is InChI=1S/C8H15N3O7S/c9-19(17,18)3-1-2-10-8(16)11(4-6(12)13)5-7(14)15/h1-5H2,(H,10,16)(H,12,13)(H,14,15)(H2,9,17,18). The monoisotopic (exact) mass is 297 g/mol. The van der Waals surface area contributed by atoms with Crippen LogP contribution in [0.15, 0.2) is 0 Å². The molecule has 0 aliphatic heterocycles. The summed E-state index contributed by atoms with van der Waals surface area (Å²) < 4.78 is 21.2. The van der Waals surface area contributed by atoms with E-state index in [0.29, 0.717) is 4.90 Å². The van der Waals surface area contributed by atoms with Gasteiger partial charge < -0.3 is 20.4 Å². The molecule has 19 heavy (non-hydrogen) atoms. The molecule has 0 bridgehead atoms. The van der Waals surface area contributed by atoms with Gasteiger partial charge >= 0.3 is 18.0 Å². The third-order valence-electron chi connectivity index (χ3n) is 1.82. The second-order valence-corrected chi connectivity index (χ2v) is 5.33. The van der Waals surface area contributed by atoms with Gasteiger partial charge in [0.15, 0.2) is 0 Å². The third-order valence-corrected chi connectivity index (χ3v) is 2.68. The van der Waals surface area contributed by atoms with Crippen molar-refractivity contribution in [3.8, 4) is 0 Å². The molecule has 5 N–H and O–H groups in total. The van der Waals surface area contributed by atoms with Crippen LogP contribution in [0.3, 0.4) is 0 Å². The fourth-order valence-corrected chi connectivity index (χ4v) is 1.65. The van der Waals surface area contributed by atoms with E-state index in [9.17, 15) is 22.8 Å². The van der Waals surface area contributed by atoms with E-state index < -0.39 is 41.1 Å². The summed E-state index contributed by atoms with van der Waals surface area (Å²) in [5, 5.41) is 24.0. The lowest BCUT2D eigenvalue weighted by Crippen LogP contribution is -2.45. The number of sulfonamides is 1. The van der Waals surface area contributed by atoms with Gasteiger partial charge in [0.1, 0.15) is 13.1 Å². The first kappa shape index (κ1) is 17.1. The highest BCUT2D eigenvalue weighted by atomic mass is 32.2. The Morgan fingerprint density at radius 3 is 1.95 bits per heavy atom. The first-order valence-corrected chi connectivity index (χ1v) is 6.80. The number of carbonyl (C=O) groups excluding carboxylic acids is 1. The summed E-state index contributed by atoms with van der Waals surface area (Å²) in [4.78, 5) is 32.9. The molecule has 0 fully saturated rings. The van der Waals surface area contributed by atoms with Crippen LogP contribution in [-0.4, -0.2) is 66.9 Å². The SMILES string of the molecule is NS(=O)(=O)CCCNC(=O)N(CC(=O)O)CC(=O)O. The van der Waals surface area contributed by atoms with Crippen molar-refractivity contribution in [3.05, 3.63) is 0 Å². The number of nitrogens with two attached hydrogens (primary N) is 1. The van der Waals surface area contributed by atoms with Crippen LogP contribution < -0.4 is 10.5 Å². The van der Waals surface area contributed by atoms with E-state index in [1.54, 1.807) is 0 Å². The maximum absolute atomic E-state index is 11.4. The van der Waals surface area contributed by atoms with Crippen LogP contribution in [0.2, 0.25) is 0 Å². The highest BCUT2D eigenvalue weighted by Crippen LogP contribution is 1.91. The molecule has 0 aliphatic rings. The summed E-state index contributed by atoms with van der Waals surface area (Å²) >= 11 is 0. The van der Waals surface area contributed by atoms with Crippen molar-refractivity contribution in [1.29, 1.82) is 0 Å². The van der Waals surface area contributed by atoms with Gasteiger partial charge in [-0.05, 0) is 6.42 Å². The van der Waals surface area contributed by atoms with Crippen LogP contribution in [0.5, 0.6) is 0 Å². The van der Waals surface area contributed by atoms with E-state index in [1.165, 1.54) is 0 Å². The van der Waals surface area contributed by atoms with Crippen molar-refractivity contribution in [2.45, 2.75) is 6.42 Å². The van der Waals surface area contributed by atoms with Gasteiger partial charge in [-0.1, -0.05) is 0 Å². The number of nitrogens with zero attached hydrogens (tertiary/aromatic N) is 1. The number of aliphatic carboxylic acids is 2. The molecule has 0 aliphatic carbocycles. The average molecular weight is 297 g/mol. The zero-order valence-electron chi connectivity index (χ0n) is 9.90. The van der Waals surface area contributed by atoms with E-state index in [2.05, 4.69) is 5.32 Å². The van der Waals surface area contributed by atoms with Gasteiger partial charge in [0.2, 0.25) is 10.0 Å². The molecule has 0 saturated heterocycles. The number of carboxylic acid groups (broad SMARTS) is 2. The fourth-order valence-electron chi connectivity index (χ4n) is 1.11. The Kier molecular flexibility index (Phi) is 6.79. The largest absolute Gasteiger partial charge is 0.480 e. The molecule has 0 unspecified atom stereocenters. The van der Waals surface area contributed by atoms with Crippen LogP contribution in [0.1, 0.15) is 6.42 Å². The summed E-state index contributed by atoms with van der Waals surface area (Å²) in [6.07, 6.45) is 0.0402. The third kappa shape index (κ3) is 9.79. The number of rotatable bonds is 8. The highest BCUT2D eigenvalue weighted by molar-refractivity contribution is 7.89. The van der Waals surface area contributed by atoms with Crippen molar-refractivity contribution in [2.24, 2.45) is 5.14 Å². The second kappa shape index (κ2) is 7.53. The summed E-state index contributed by atoms with van der Waals surface area (Å²) in [5.41, 5.74) is 0. The first-order valence-electron chi connectivity index (χ1n) is 5.08. The fraction of sp³-hybridized carbons (Fsp3) is 0.625. The molecule has 10 nitrogen and oxygen atoms in total. The van der Waals surface area contributed by atoms with Crippen molar-refractivity contribution < 1.29 is 33.0 Å². The Bertz CT molecular complexity index is 431. The molecule has 0 heterocycles. The van der Waals surface area contributed by atoms with Crippen molar-refractivity contribution in [1.82, 2.24) is 10.2 Å². The van der Waals surface area contributed by atoms with Crippen LogP contribution in [-0.2, 0) is 19.6 Å². The second-order valence-electron chi connectivity index (χ2n) is 3.60. The van der Waals surface area contributed by atoms with Gasteiger partial charge in [-0.25, -0.2) is 18.4 Å². The zero-order chi connectivity index (χ0) is 15.1. The van der Waals surface area contributed by atoms with E-state index >= 15 is 0 Å². The lowest BCUT2D eigenvalue weighted by Gasteiger charge is -2.18. The predicted octanol–water partition coefficient (Wildman–Crippen LogP) is -2.15. The number of carboxylic acids is 2. The Morgan fingerprint density at radius 2 is 1.58 bits per heavy atom. The molecule has 2 amide bonds. The molecule has 0 saturated carbocycles. The van der Waals surface area contributed by atoms with Gasteiger partial charge in [0.25, 0.3) is 0 Å². The van der Waals surface area contributed by atoms with Crippen LogP contribution >= 0.6 is 0 Å². The molecule has 11 heteroatoms. The number of carbonyl (C=O) groups is 3. The molecule has 0 aromatic carbocycles. The quantitative estimate of drug-likeness (QED) is 0.370. The van der Waals surface area contributed by atoms with Gasteiger partial charge in [-0.3, -0.25) is 9.59 Å². The summed E-state index contributed by atoms with van der Waals surface area (Å²) in [7, 11) is -3.63. The van der Waals surface area contributed by atoms with Gasteiger partial charge in [-0.15, -0.1) is 0 Å². The minimum absolute atomic E-state index is 0.0402. The van der Waals surface area contributed by atoms with Crippen LogP contribution in [0, 0.1) is 0 Å². The number of primary sulfonamides is 1. The van der Waals surface area contributed by atoms with Crippen molar-refractivity contribution in [2.75, 3.05) is 25.4 Å². The average Bonchev–Trinajstić information content (AvgIpc) is 2.20. The van der Waals surface area contributed by atoms with E-state index in [1.807, 2.05) is 0 Å². The Balaban J connectivity index is 4.24. The molecular weight excluding hydrogens is 282 g/mol. The van der Waals surface area contributed by atoms with Crippen molar-refractivity contribution >= 4 is 28.0 Å². The molecule has 0 spiro atoms. The number of hydrogen-bond acceptors (Lipinski definition) is 5. The number of amides is 2. The number of hydrogen-bond donors (Lipinski definition) is 4. The molecule has 0 aromatic heterocycles. The van der Waals surface area contributed by atoms with Crippen LogP contribution in [0.25, 0.3) is 0 Å². The minimum Gasteiger partial charge on any atom is -0.480 e. The van der Waals surface area contributed by atoms with Gasteiger partial charge in [0.05, 0.1) is 5.75 Å². The maximum Gasteiger partial charge on any atom is 0.323 e. The van der Waals surface area contributed by atoms with Gasteiger partial charge in [-0.2, -0.15) is 0 Å². The topological polar surface area (TPSA) is 167 Å². The van der Waals surface area contributed by atoms with E-state index in [-0.39, 0.29) is 18.7 Å². The Hall–Kier alpha value is -1.88. The van der Waals surface area contributed by atoms with E-state index in [0.717, 1.165) is 0 Å². The van der Waals surface area contributed by atoms with E-state index in [4.69, 9.17) is 15.4 Å². The first-order chi connectivity index (χ1) is 8.61. The Morgan fingerprint density at radius 1 is 1.11 bits per heavy atom. The minimum atomic E-state index is -3.63. The molecule has 0 radical (unpaired) electrons. The lowest BCUT2D eigenvalue weighted by atomic mass is 10.4. The summed E-state index contributed by atoms with van der Waals surface area (Å²) in [6, 6.07) is -0.904. The molecule has 110 valence electrons. The summed E-state index contributed by atoms with van der Waals surface area (Å²) in [5.74, 6) is -3.06.